The van der Waals surface area contributed by atoms with Crippen molar-refractivity contribution in [1.29, 1.82) is 0 Å². The number of carbonyl (C=O) groups is 1. The third-order valence-electron chi connectivity index (χ3n) is 2.98. The zero-order chi connectivity index (χ0) is 13.8. The van der Waals surface area contributed by atoms with Crippen LogP contribution in [0.3, 0.4) is 0 Å². The molecule has 0 aliphatic heterocycles. The highest BCUT2D eigenvalue weighted by Gasteiger charge is 2.09. The smallest absolute Gasteiger partial charge is 0.161 e. The number of carbonyl (C=O) groups excluding carboxylic acids is 1. The van der Waals surface area contributed by atoms with Crippen LogP contribution in [-0.4, -0.2) is 5.78 Å². The van der Waals surface area contributed by atoms with Crippen molar-refractivity contribution in [3.05, 3.63) is 59.7 Å². The topological polar surface area (TPSA) is 52.3 Å². The van der Waals surface area contributed by atoms with Crippen LogP contribution >= 0.6 is 0 Å². The Balaban J connectivity index is 2.16. The number of ketones is 1. The van der Waals surface area contributed by atoms with E-state index < -0.39 is 0 Å². The van der Waals surface area contributed by atoms with Gasteiger partial charge >= 0.3 is 0 Å². The van der Waals surface area contributed by atoms with Crippen LogP contribution < -0.4 is 10.5 Å². The highest BCUT2D eigenvalue weighted by Crippen LogP contribution is 2.25. The van der Waals surface area contributed by atoms with Crippen LogP contribution in [0.25, 0.3) is 0 Å². The van der Waals surface area contributed by atoms with Gasteiger partial charge in [0.15, 0.2) is 5.78 Å². The van der Waals surface area contributed by atoms with Crippen molar-refractivity contribution in [2.75, 3.05) is 5.73 Å². The quantitative estimate of drug-likeness (QED) is 0.670. The lowest BCUT2D eigenvalue weighted by molar-refractivity contribution is 0.101. The Hall–Kier alpha value is -2.29. The Morgan fingerprint density at radius 3 is 2.42 bits per heavy atom. The maximum atomic E-state index is 11.3. The third-order valence-corrected chi connectivity index (χ3v) is 2.98. The summed E-state index contributed by atoms with van der Waals surface area (Å²) in [5, 5.41) is 0. The van der Waals surface area contributed by atoms with Crippen LogP contribution in [0.4, 0.5) is 5.69 Å². The molecule has 2 N–H and O–H groups in total. The first kappa shape index (κ1) is 13.1. The summed E-state index contributed by atoms with van der Waals surface area (Å²) in [5.41, 5.74) is 7.91. The third kappa shape index (κ3) is 3.13. The zero-order valence-corrected chi connectivity index (χ0v) is 11.1. The standard InChI is InChI=1S/C16H17NO2/c1-11(18)15-9-8-14(10-16(15)17)19-12(2)13-6-4-3-5-7-13/h3-10,12H,17H2,1-2H3. The maximum Gasteiger partial charge on any atom is 0.161 e. The predicted octanol–water partition coefficient (Wildman–Crippen LogP) is 3.61. The lowest BCUT2D eigenvalue weighted by atomic mass is 10.1. The molecular weight excluding hydrogens is 238 g/mol. The van der Waals surface area contributed by atoms with Gasteiger partial charge in [0.25, 0.3) is 0 Å². The largest absolute Gasteiger partial charge is 0.486 e. The Morgan fingerprint density at radius 2 is 1.84 bits per heavy atom. The fourth-order valence-corrected chi connectivity index (χ4v) is 1.93. The van der Waals surface area contributed by atoms with Gasteiger partial charge in [0, 0.05) is 17.3 Å². The van der Waals surface area contributed by atoms with Gasteiger partial charge in [-0.3, -0.25) is 4.79 Å². The fourth-order valence-electron chi connectivity index (χ4n) is 1.93. The van der Waals surface area contributed by atoms with Gasteiger partial charge in [0.1, 0.15) is 11.9 Å². The summed E-state index contributed by atoms with van der Waals surface area (Å²) in [6, 6.07) is 15.1. The molecule has 0 aliphatic rings. The second-order valence-electron chi connectivity index (χ2n) is 4.48. The molecule has 1 atom stereocenters. The molecule has 0 spiro atoms. The van der Waals surface area contributed by atoms with E-state index in [0.29, 0.717) is 17.0 Å². The Bertz CT molecular complexity index is 579. The summed E-state index contributed by atoms with van der Waals surface area (Å²) >= 11 is 0. The summed E-state index contributed by atoms with van der Waals surface area (Å²) < 4.78 is 5.82. The van der Waals surface area contributed by atoms with Crippen LogP contribution in [0.15, 0.2) is 48.5 Å². The number of ether oxygens (including phenoxy) is 1. The minimum absolute atomic E-state index is 0.0415. The first-order valence-corrected chi connectivity index (χ1v) is 6.20. The van der Waals surface area contributed by atoms with E-state index in [2.05, 4.69) is 0 Å². The van der Waals surface area contributed by atoms with Gasteiger partial charge in [0.05, 0.1) is 0 Å². The molecule has 0 saturated carbocycles. The first-order chi connectivity index (χ1) is 9.08. The molecule has 0 saturated heterocycles. The molecule has 1 unspecified atom stereocenters. The van der Waals surface area contributed by atoms with Crippen molar-refractivity contribution in [1.82, 2.24) is 0 Å². The molecule has 3 heteroatoms. The van der Waals surface area contributed by atoms with E-state index in [4.69, 9.17) is 10.5 Å². The number of benzene rings is 2. The minimum Gasteiger partial charge on any atom is -0.486 e. The summed E-state index contributed by atoms with van der Waals surface area (Å²) in [4.78, 5) is 11.3. The number of anilines is 1. The van der Waals surface area contributed by atoms with Crippen molar-refractivity contribution in [3.8, 4) is 5.75 Å². The first-order valence-electron chi connectivity index (χ1n) is 6.20. The molecule has 98 valence electrons. The van der Waals surface area contributed by atoms with Crippen molar-refractivity contribution < 1.29 is 9.53 Å². The Labute approximate surface area is 113 Å². The van der Waals surface area contributed by atoms with Crippen LogP contribution in [0.2, 0.25) is 0 Å². The normalized spacial score (nSPS) is 11.9. The van der Waals surface area contributed by atoms with Gasteiger partial charge in [-0.1, -0.05) is 30.3 Å². The molecule has 0 amide bonds. The average Bonchev–Trinajstić information content (AvgIpc) is 2.39. The van der Waals surface area contributed by atoms with E-state index in [-0.39, 0.29) is 11.9 Å². The predicted molar refractivity (Wildman–Crippen MR) is 76.3 cm³/mol. The minimum atomic E-state index is -0.0659. The van der Waals surface area contributed by atoms with Crippen LogP contribution in [0, 0.1) is 0 Å². The van der Waals surface area contributed by atoms with Gasteiger partial charge < -0.3 is 10.5 Å². The molecule has 0 aliphatic carbocycles. The molecule has 0 radical (unpaired) electrons. The second kappa shape index (κ2) is 5.57. The van der Waals surface area contributed by atoms with E-state index >= 15 is 0 Å². The summed E-state index contributed by atoms with van der Waals surface area (Å²) in [6.07, 6.45) is -0.0659. The number of hydrogen-bond acceptors (Lipinski definition) is 3. The average molecular weight is 255 g/mol. The van der Waals surface area contributed by atoms with Crippen molar-refractivity contribution >= 4 is 11.5 Å². The molecule has 0 aromatic heterocycles. The zero-order valence-electron chi connectivity index (χ0n) is 11.1. The van der Waals surface area contributed by atoms with Gasteiger partial charge in [-0.25, -0.2) is 0 Å². The van der Waals surface area contributed by atoms with Gasteiger partial charge in [-0.2, -0.15) is 0 Å². The molecule has 0 heterocycles. The van der Waals surface area contributed by atoms with E-state index in [1.54, 1.807) is 18.2 Å². The molecule has 2 aromatic carbocycles. The lowest BCUT2D eigenvalue weighted by Crippen LogP contribution is -2.05. The summed E-state index contributed by atoms with van der Waals surface area (Å²) in [5.74, 6) is 0.624. The summed E-state index contributed by atoms with van der Waals surface area (Å²) in [7, 11) is 0. The lowest BCUT2D eigenvalue weighted by Gasteiger charge is -2.16. The van der Waals surface area contributed by atoms with E-state index in [1.807, 2.05) is 37.3 Å². The molecule has 2 aromatic rings. The number of nitrogens with two attached hydrogens (primary N) is 1. The van der Waals surface area contributed by atoms with E-state index in [0.717, 1.165) is 5.56 Å². The van der Waals surface area contributed by atoms with Crippen molar-refractivity contribution in [2.24, 2.45) is 0 Å². The molecule has 2 rings (SSSR count). The monoisotopic (exact) mass is 255 g/mol. The van der Waals surface area contributed by atoms with Gasteiger partial charge in [-0.15, -0.1) is 0 Å². The number of Topliss-reactive ketones (excluding diaryl/α,β-unsaturated/α-hetero) is 1. The van der Waals surface area contributed by atoms with E-state index in [1.165, 1.54) is 6.92 Å². The molecule has 0 fully saturated rings. The highest BCUT2D eigenvalue weighted by atomic mass is 16.5. The number of nitrogen functional groups attached to an aromatic ring is 1. The number of rotatable bonds is 4. The fraction of sp³-hybridized carbons (Fsp3) is 0.188. The van der Waals surface area contributed by atoms with Crippen LogP contribution in [0.5, 0.6) is 5.75 Å². The van der Waals surface area contributed by atoms with Crippen LogP contribution in [0.1, 0.15) is 35.9 Å². The van der Waals surface area contributed by atoms with Crippen LogP contribution in [-0.2, 0) is 0 Å². The van der Waals surface area contributed by atoms with E-state index in [9.17, 15) is 4.79 Å². The Morgan fingerprint density at radius 1 is 1.16 bits per heavy atom. The molecule has 19 heavy (non-hydrogen) atoms. The van der Waals surface area contributed by atoms with Crippen molar-refractivity contribution in [2.45, 2.75) is 20.0 Å². The molecular formula is C16H17NO2. The molecule has 0 bridgehead atoms. The Kier molecular flexibility index (Phi) is 3.85. The number of hydrogen-bond donors (Lipinski definition) is 1. The second-order valence-corrected chi connectivity index (χ2v) is 4.48. The highest BCUT2D eigenvalue weighted by molar-refractivity contribution is 5.99. The SMILES string of the molecule is CC(=O)c1ccc(OC(C)c2ccccc2)cc1N. The summed E-state index contributed by atoms with van der Waals surface area (Å²) in [6.45, 7) is 3.48. The maximum absolute atomic E-state index is 11.3. The van der Waals surface area contributed by atoms with Crippen molar-refractivity contribution in [3.63, 3.8) is 0 Å². The van der Waals surface area contributed by atoms with Gasteiger partial charge in [0.2, 0.25) is 0 Å². The van der Waals surface area contributed by atoms with Gasteiger partial charge in [-0.05, 0) is 31.5 Å². The molecule has 3 nitrogen and oxygen atoms in total.